The first-order valence-corrected chi connectivity index (χ1v) is 8.23. The molecule has 0 aliphatic rings. The van der Waals surface area contributed by atoms with Crippen LogP contribution in [-0.2, 0) is 4.79 Å². The fourth-order valence-electron chi connectivity index (χ4n) is 2.62. The van der Waals surface area contributed by atoms with E-state index in [9.17, 15) is 9.90 Å². The molecule has 26 heavy (non-hydrogen) atoms. The van der Waals surface area contributed by atoms with E-state index in [2.05, 4.69) is 5.32 Å². The van der Waals surface area contributed by atoms with Crippen LogP contribution in [0.5, 0.6) is 11.5 Å². The topological polar surface area (TPSA) is 58.6 Å². The minimum absolute atomic E-state index is 0.222. The third-order valence-corrected chi connectivity index (χ3v) is 3.82. The van der Waals surface area contributed by atoms with E-state index in [1.165, 1.54) is 0 Å². The third-order valence-electron chi connectivity index (χ3n) is 3.82. The molecule has 0 bridgehead atoms. The Bertz CT molecular complexity index is 901. The molecule has 0 heterocycles. The average Bonchev–Trinajstić information content (AvgIpc) is 2.65. The maximum atomic E-state index is 11.8. The normalized spacial score (nSPS) is 11.4. The van der Waals surface area contributed by atoms with Crippen molar-refractivity contribution in [1.82, 2.24) is 0 Å². The van der Waals surface area contributed by atoms with Crippen LogP contribution in [0.25, 0.3) is 5.57 Å². The van der Waals surface area contributed by atoms with Crippen molar-refractivity contribution in [2.24, 2.45) is 0 Å². The van der Waals surface area contributed by atoms with Gasteiger partial charge in [0.15, 0.2) is 0 Å². The van der Waals surface area contributed by atoms with Crippen molar-refractivity contribution in [2.75, 3.05) is 5.32 Å². The van der Waals surface area contributed by atoms with Crippen LogP contribution in [0.1, 0.15) is 12.5 Å². The van der Waals surface area contributed by atoms with Crippen LogP contribution in [-0.4, -0.2) is 11.1 Å². The fourth-order valence-corrected chi connectivity index (χ4v) is 2.62. The Balaban J connectivity index is 1.84. The molecule has 3 aromatic rings. The first-order valence-electron chi connectivity index (χ1n) is 8.23. The van der Waals surface area contributed by atoms with E-state index >= 15 is 0 Å². The molecule has 0 aromatic heterocycles. The van der Waals surface area contributed by atoms with Crippen molar-refractivity contribution in [3.8, 4) is 11.5 Å². The summed E-state index contributed by atoms with van der Waals surface area (Å²) < 4.78 is 5.75. The Morgan fingerprint density at radius 2 is 1.35 bits per heavy atom. The number of carboxylic acid groups (broad SMARTS) is 1. The van der Waals surface area contributed by atoms with E-state index in [4.69, 9.17) is 4.74 Å². The summed E-state index contributed by atoms with van der Waals surface area (Å²) in [5, 5.41) is 12.8. The van der Waals surface area contributed by atoms with Gasteiger partial charge in [-0.1, -0.05) is 48.5 Å². The highest BCUT2D eigenvalue weighted by Crippen LogP contribution is 2.26. The van der Waals surface area contributed by atoms with Crippen molar-refractivity contribution < 1.29 is 14.6 Å². The standard InChI is InChI=1S/C22H19NO3/c1-16(23-18-8-4-2-5-9-18)21(22(24)25)17-12-14-20(15-13-17)26-19-10-6-3-7-11-19/h2-15,23H,1H3,(H,24,25)/b21-16-. The Labute approximate surface area is 152 Å². The van der Waals surface area contributed by atoms with Crippen molar-refractivity contribution >= 4 is 17.2 Å². The first-order chi connectivity index (χ1) is 12.6. The van der Waals surface area contributed by atoms with Crippen LogP contribution < -0.4 is 10.1 Å². The molecule has 3 rings (SSSR count). The van der Waals surface area contributed by atoms with Gasteiger partial charge in [-0.3, -0.25) is 0 Å². The average molecular weight is 345 g/mol. The van der Waals surface area contributed by atoms with Gasteiger partial charge in [0, 0.05) is 11.4 Å². The molecule has 130 valence electrons. The van der Waals surface area contributed by atoms with Gasteiger partial charge in [0.05, 0.1) is 5.57 Å². The number of allylic oxidation sites excluding steroid dienone is 1. The van der Waals surface area contributed by atoms with Crippen LogP contribution in [0, 0.1) is 0 Å². The number of hydrogen-bond donors (Lipinski definition) is 2. The lowest BCUT2D eigenvalue weighted by Gasteiger charge is -2.12. The summed E-state index contributed by atoms with van der Waals surface area (Å²) in [6, 6.07) is 25.9. The summed E-state index contributed by atoms with van der Waals surface area (Å²) in [5.41, 5.74) is 2.24. The van der Waals surface area contributed by atoms with Crippen LogP contribution >= 0.6 is 0 Å². The summed E-state index contributed by atoms with van der Waals surface area (Å²) in [4.78, 5) is 11.8. The number of rotatable bonds is 6. The maximum Gasteiger partial charge on any atom is 0.338 e. The minimum atomic E-state index is -0.984. The van der Waals surface area contributed by atoms with Gasteiger partial charge in [-0.05, 0) is 48.9 Å². The number of nitrogens with one attached hydrogen (secondary N) is 1. The number of aliphatic carboxylic acids is 1. The molecule has 0 atom stereocenters. The molecular formula is C22H19NO3. The van der Waals surface area contributed by atoms with E-state index < -0.39 is 5.97 Å². The van der Waals surface area contributed by atoms with Crippen LogP contribution in [0.4, 0.5) is 5.69 Å². The summed E-state index contributed by atoms with van der Waals surface area (Å²) in [7, 11) is 0. The van der Waals surface area contributed by atoms with E-state index in [1.54, 1.807) is 31.2 Å². The van der Waals surface area contributed by atoms with Crippen molar-refractivity contribution in [3.63, 3.8) is 0 Å². The second kappa shape index (κ2) is 8.03. The molecule has 0 aliphatic heterocycles. The number of carbonyl (C=O) groups is 1. The van der Waals surface area contributed by atoms with Crippen LogP contribution in [0.2, 0.25) is 0 Å². The molecule has 4 heteroatoms. The summed E-state index contributed by atoms with van der Waals surface area (Å²) in [5.74, 6) is 0.400. The smallest absolute Gasteiger partial charge is 0.338 e. The van der Waals surface area contributed by atoms with Crippen LogP contribution in [0.15, 0.2) is 90.6 Å². The van der Waals surface area contributed by atoms with E-state index in [0.29, 0.717) is 17.0 Å². The number of ether oxygens (including phenoxy) is 1. The number of carboxylic acids is 1. The highest BCUT2D eigenvalue weighted by Gasteiger charge is 2.15. The molecule has 0 fully saturated rings. The zero-order valence-electron chi connectivity index (χ0n) is 14.3. The Morgan fingerprint density at radius 3 is 1.92 bits per heavy atom. The Hall–Kier alpha value is -3.53. The highest BCUT2D eigenvalue weighted by molar-refractivity contribution is 6.16. The first kappa shape index (κ1) is 17.3. The third kappa shape index (κ3) is 4.30. The molecular weight excluding hydrogens is 326 g/mol. The van der Waals surface area contributed by atoms with Crippen molar-refractivity contribution in [1.29, 1.82) is 0 Å². The maximum absolute atomic E-state index is 11.8. The molecule has 0 aliphatic carbocycles. The highest BCUT2D eigenvalue weighted by atomic mass is 16.5. The second-order valence-electron chi connectivity index (χ2n) is 5.74. The van der Waals surface area contributed by atoms with Gasteiger partial charge in [0.2, 0.25) is 0 Å². The molecule has 0 unspecified atom stereocenters. The Morgan fingerprint density at radius 1 is 0.808 bits per heavy atom. The van der Waals surface area contributed by atoms with Crippen molar-refractivity contribution in [2.45, 2.75) is 6.92 Å². The predicted octanol–water partition coefficient (Wildman–Crippen LogP) is 5.41. The molecule has 0 radical (unpaired) electrons. The summed E-state index contributed by atoms with van der Waals surface area (Å²) >= 11 is 0. The zero-order chi connectivity index (χ0) is 18.4. The van der Waals surface area contributed by atoms with E-state index in [1.807, 2.05) is 60.7 Å². The monoisotopic (exact) mass is 345 g/mol. The quantitative estimate of drug-likeness (QED) is 0.587. The lowest BCUT2D eigenvalue weighted by atomic mass is 10.0. The largest absolute Gasteiger partial charge is 0.478 e. The second-order valence-corrected chi connectivity index (χ2v) is 5.74. The number of para-hydroxylation sites is 2. The minimum Gasteiger partial charge on any atom is -0.478 e. The summed E-state index contributed by atoms with van der Waals surface area (Å²) in [6.07, 6.45) is 0. The van der Waals surface area contributed by atoms with Crippen LogP contribution in [0.3, 0.4) is 0 Å². The van der Waals surface area contributed by atoms with Crippen molar-refractivity contribution in [3.05, 3.63) is 96.2 Å². The number of anilines is 1. The SMILES string of the molecule is C/C(Nc1ccccc1)=C(/C(=O)O)c1ccc(Oc2ccccc2)cc1. The van der Waals surface area contributed by atoms with Gasteiger partial charge in [-0.25, -0.2) is 4.79 Å². The predicted molar refractivity (Wildman–Crippen MR) is 103 cm³/mol. The molecule has 2 N–H and O–H groups in total. The molecule has 0 saturated carbocycles. The summed E-state index contributed by atoms with van der Waals surface area (Å²) in [6.45, 7) is 1.75. The number of hydrogen-bond acceptors (Lipinski definition) is 3. The van der Waals surface area contributed by atoms with Gasteiger partial charge in [-0.2, -0.15) is 0 Å². The molecule has 3 aromatic carbocycles. The van der Waals surface area contributed by atoms with Gasteiger partial charge >= 0.3 is 5.97 Å². The van der Waals surface area contributed by atoms with E-state index in [-0.39, 0.29) is 5.57 Å². The molecule has 0 amide bonds. The van der Waals surface area contributed by atoms with Gasteiger partial charge in [0.1, 0.15) is 11.5 Å². The molecule has 0 saturated heterocycles. The van der Waals surface area contributed by atoms with Gasteiger partial charge < -0.3 is 15.2 Å². The van der Waals surface area contributed by atoms with Gasteiger partial charge in [0.25, 0.3) is 0 Å². The zero-order valence-corrected chi connectivity index (χ0v) is 14.3. The fraction of sp³-hybridized carbons (Fsp3) is 0.0455. The lowest BCUT2D eigenvalue weighted by molar-refractivity contribution is -0.130. The van der Waals surface area contributed by atoms with E-state index in [0.717, 1.165) is 11.4 Å². The number of benzene rings is 3. The Kier molecular flexibility index (Phi) is 5.34. The lowest BCUT2D eigenvalue weighted by Crippen LogP contribution is -2.08. The van der Waals surface area contributed by atoms with Gasteiger partial charge in [-0.15, -0.1) is 0 Å². The molecule has 0 spiro atoms. The molecule has 4 nitrogen and oxygen atoms in total.